The van der Waals surface area contributed by atoms with E-state index in [4.69, 9.17) is 4.55 Å². The first-order valence-corrected chi connectivity index (χ1v) is 4.17. The fourth-order valence-corrected chi connectivity index (χ4v) is 0.812. The molecule has 0 spiro atoms. The first kappa shape index (κ1) is 9.38. The molecule has 0 aromatic heterocycles. The van der Waals surface area contributed by atoms with E-state index >= 15 is 0 Å². The molecule has 0 aliphatic rings. The maximum atomic E-state index is 10.4. The van der Waals surface area contributed by atoms with Crippen LogP contribution in [0.4, 0.5) is 0 Å². The van der Waals surface area contributed by atoms with Gasteiger partial charge in [-0.2, -0.15) is 8.42 Å². The Morgan fingerprint density at radius 3 is 2.40 bits per heavy atom. The van der Waals surface area contributed by atoms with Gasteiger partial charge < -0.3 is 0 Å². The molecule has 0 bridgehead atoms. The smallest absolute Gasteiger partial charge is 0.274 e. The largest absolute Gasteiger partial charge is 0.359 e. The Hall–Kier alpha value is -0.620. The van der Waals surface area contributed by atoms with Crippen molar-refractivity contribution in [2.75, 3.05) is 0 Å². The molecule has 0 aliphatic heterocycles. The first-order chi connectivity index (χ1) is 4.45. The summed E-state index contributed by atoms with van der Waals surface area (Å²) in [7, 11) is -4.35. The predicted molar refractivity (Wildman–Crippen MR) is 34.6 cm³/mol. The van der Waals surface area contributed by atoms with Gasteiger partial charge in [0.15, 0.2) is 0 Å². The van der Waals surface area contributed by atoms with Crippen LogP contribution in [0.5, 0.6) is 0 Å². The molecule has 0 fully saturated rings. The van der Waals surface area contributed by atoms with E-state index in [1.165, 1.54) is 4.72 Å². The van der Waals surface area contributed by atoms with Crippen molar-refractivity contribution in [2.45, 2.75) is 19.8 Å². The number of rotatable bonds is 3. The third-order valence-corrected chi connectivity index (χ3v) is 1.21. The Kier molecular flexibility index (Phi) is 3.31. The standard InChI is InChI=1S/C4H9NO4S/c1-2-3-4(6)5-10(7,8)9/h2-3H2,1H3,(H,5,6)(H,7,8,9). The average molecular weight is 167 g/mol. The second kappa shape index (κ2) is 3.52. The van der Waals surface area contributed by atoms with Gasteiger partial charge in [0.25, 0.3) is 0 Å². The van der Waals surface area contributed by atoms with Crippen LogP contribution in [0.25, 0.3) is 0 Å². The number of carbonyl (C=O) groups is 1. The van der Waals surface area contributed by atoms with Crippen LogP contribution < -0.4 is 4.72 Å². The van der Waals surface area contributed by atoms with Gasteiger partial charge in [-0.25, -0.2) is 4.72 Å². The summed E-state index contributed by atoms with van der Waals surface area (Å²) in [6, 6.07) is 0. The van der Waals surface area contributed by atoms with E-state index < -0.39 is 16.2 Å². The number of carbonyl (C=O) groups excluding carboxylic acids is 1. The molecule has 60 valence electrons. The topological polar surface area (TPSA) is 83.5 Å². The molecule has 0 aliphatic carbocycles. The van der Waals surface area contributed by atoms with Crippen molar-refractivity contribution >= 4 is 16.2 Å². The number of hydrogen-bond donors (Lipinski definition) is 2. The van der Waals surface area contributed by atoms with Crippen molar-refractivity contribution in [1.29, 1.82) is 0 Å². The lowest BCUT2D eigenvalue weighted by molar-refractivity contribution is -0.119. The molecule has 0 unspecified atom stereocenters. The van der Waals surface area contributed by atoms with Crippen molar-refractivity contribution in [3.05, 3.63) is 0 Å². The highest BCUT2D eigenvalue weighted by molar-refractivity contribution is 7.84. The Balaban J connectivity index is 3.82. The third-order valence-electron chi connectivity index (χ3n) is 0.720. The fraction of sp³-hybridized carbons (Fsp3) is 0.750. The summed E-state index contributed by atoms with van der Waals surface area (Å²) in [6.45, 7) is 1.73. The zero-order valence-corrected chi connectivity index (χ0v) is 6.31. The van der Waals surface area contributed by atoms with Crippen molar-refractivity contribution < 1.29 is 17.8 Å². The van der Waals surface area contributed by atoms with E-state index in [0.717, 1.165) is 0 Å². The zero-order valence-electron chi connectivity index (χ0n) is 5.49. The van der Waals surface area contributed by atoms with Crippen molar-refractivity contribution in [2.24, 2.45) is 0 Å². The number of amides is 1. The molecule has 0 heterocycles. The molecule has 0 aromatic carbocycles. The van der Waals surface area contributed by atoms with Gasteiger partial charge in [-0.3, -0.25) is 9.35 Å². The van der Waals surface area contributed by atoms with Gasteiger partial charge >= 0.3 is 10.3 Å². The van der Waals surface area contributed by atoms with E-state index in [1.807, 2.05) is 0 Å². The summed E-state index contributed by atoms with van der Waals surface area (Å²) in [4.78, 5) is 10.4. The van der Waals surface area contributed by atoms with Crippen molar-refractivity contribution in [3.63, 3.8) is 0 Å². The molecule has 0 saturated heterocycles. The quantitative estimate of drug-likeness (QED) is 0.565. The Bertz CT molecular complexity index is 207. The van der Waals surface area contributed by atoms with Gasteiger partial charge in [0.2, 0.25) is 5.91 Å². The molecule has 0 atom stereocenters. The van der Waals surface area contributed by atoms with E-state index in [9.17, 15) is 13.2 Å². The molecule has 1 amide bonds. The average Bonchev–Trinajstić information content (AvgIpc) is 1.59. The van der Waals surface area contributed by atoms with E-state index in [2.05, 4.69) is 0 Å². The van der Waals surface area contributed by atoms with Crippen LogP contribution >= 0.6 is 0 Å². The molecule has 2 N–H and O–H groups in total. The molecule has 6 heteroatoms. The molecule has 0 rings (SSSR count). The summed E-state index contributed by atoms with van der Waals surface area (Å²) in [5.74, 6) is -0.690. The second-order valence-electron chi connectivity index (χ2n) is 1.75. The first-order valence-electron chi connectivity index (χ1n) is 2.73. The molecule has 10 heavy (non-hydrogen) atoms. The summed E-state index contributed by atoms with van der Waals surface area (Å²) in [5, 5.41) is 0. The highest BCUT2D eigenvalue weighted by Gasteiger charge is 2.07. The van der Waals surface area contributed by atoms with Gasteiger partial charge in [0.1, 0.15) is 0 Å². The highest BCUT2D eigenvalue weighted by Crippen LogP contribution is 1.86. The second-order valence-corrected chi connectivity index (χ2v) is 2.90. The SMILES string of the molecule is CCCC(=O)NS(=O)(=O)O. The normalized spacial score (nSPS) is 11.0. The minimum absolute atomic E-state index is 0.0970. The predicted octanol–water partition coefficient (Wildman–Crippen LogP) is -0.294. The lowest BCUT2D eigenvalue weighted by Crippen LogP contribution is -2.29. The number of hydrogen-bond acceptors (Lipinski definition) is 3. The van der Waals surface area contributed by atoms with Crippen LogP contribution in [0.2, 0.25) is 0 Å². The zero-order chi connectivity index (χ0) is 8.20. The van der Waals surface area contributed by atoms with E-state index in [1.54, 1.807) is 6.92 Å². The van der Waals surface area contributed by atoms with Crippen molar-refractivity contribution in [3.8, 4) is 0 Å². The van der Waals surface area contributed by atoms with E-state index in [-0.39, 0.29) is 6.42 Å². The summed E-state index contributed by atoms with van der Waals surface area (Å²) >= 11 is 0. The molecule has 5 nitrogen and oxygen atoms in total. The maximum absolute atomic E-state index is 10.4. The van der Waals surface area contributed by atoms with Gasteiger partial charge in [0.05, 0.1) is 0 Å². The minimum Gasteiger partial charge on any atom is -0.274 e. The molecular formula is C4H9NO4S. The highest BCUT2D eigenvalue weighted by atomic mass is 32.2. The Morgan fingerprint density at radius 2 is 2.10 bits per heavy atom. The Morgan fingerprint density at radius 1 is 1.60 bits per heavy atom. The molecule has 0 aromatic rings. The summed E-state index contributed by atoms with van der Waals surface area (Å²) in [5.41, 5.74) is 0. The number of nitrogens with one attached hydrogen (secondary N) is 1. The van der Waals surface area contributed by atoms with Gasteiger partial charge in [-0.15, -0.1) is 0 Å². The van der Waals surface area contributed by atoms with E-state index in [0.29, 0.717) is 6.42 Å². The van der Waals surface area contributed by atoms with Gasteiger partial charge in [0, 0.05) is 6.42 Å². The molecular weight excluding hydrogens is 158 g/mol. The molecule has 0 radical (unpaired) electrons. The van der Waals surface area contributed by atoms with Crippen LogP contribution in [-0.4, -0.2) is 18.9 Å². The van der Waals surface area contributed by atoms with Gasteiger partial charge in [-0.05, 0) is 6.42 Å². The summed E-state index contributed by atoms with van der Waals surface area (Å²) < 4.78 is 29.3. The van der Waals surface area contributed by atoms with Crippen molar-refractivity contribution in [1.82, 2.24) is 4.72 Å². The lowest BCUT2D eigenvalue weighted by atomic mass is 10.3. The minimum atomic E-state index is -4.35. The monoisotopic (exact) mass is 167 g/mol. The van der Waals surface area contributed by atoms with Gasteiger partial charge in [-0.1, -0.05) is 6.92 Å². The van der Waals surface area contributed by atoms with Crippen LogP contribution in [-0.2, 0) is 15.1 Å². The van der Waals surface area contributed by atoms with Crippen LogP contribution in [0.3, 0.4) is 0 Å². The third kappa shape index (κ3) is 5.52. The fourth-order valence-electron chi connectivity index (χ4n) is 0.422. The molecule has 0 saturated carbocycles. The van der Waals surface area contributed by atoms with Crippen LogP contribution in [0.15, 0.2) is 0 Å². The van der Waals surface area contributed by atoms with Crippen LogP contribution in [0.1, 0.15) is 19.8 Å². The maximum Gasteiger partial charge on any atom is 0.359 e. The lowest BCUT2D eigenvalue weighted by Gasteiger charge is -1.97. The van der Waals surface area contributed by atoms with Crippen LogP contribution in [0, 0.1) is 0 Å². The Labute approximate surface area is 59.3 Å². The summed E-state index contributed by atoms with van der Waals surface area (Å²) in [6.07, 6.45) is 0.640.